The average Bonchev–Trinajstić information content (AvgIpc) is 2.41. The molecular weight excluding hydrogens is 300 g/mol. The van der Waals surface area contributed by atoms with E-state index in [1.807, 2.05) is 6.92 Å². The van der Waals surface area contributed by atoms with Crippen LogP contribution in [0.2, 0.25) is 5.02 Å². The molecule has 0 radical (unpaired) electrons. The van der Waals surface area contributed by atoms with Gasteiger partial charge in [-0.25, -0.2) is 8.42 Å². The molecule has 20 heavy (non-hydrogen) atoms. The Kier molecular flexibility index (Phi) is 4.36. The van der Waals surface area contributed by atoms with Gasteiger partial charge in [0, 0.05) is 38.1 Å². The fourth-order valence-electron chi connectivity index (χ4n) is 2.13. The first-order chi connectivity index (χ1) is 9.32. The number of hydrogen-bond donors (Lipinski definition) is 0. The van der Waals surface area contributed by atoms with Gasteiger partial charge in [0.05, 0.1) is 4.90 Å². The van der Waals surface area contributed by atoms with Crippen molar-refractivity contribution in [3.8, 4) is 0 Å². The number of carbonyl (C=O) groups excluding carboxylic acids is 1. The molecule has 5 nitrogen and oxygen atoms in total. The molecule has 0 N–H and O–H groups in total. The van der Waals surface area contributed by atoms with E-state index in [0.717, 1.165) is 5.56 Å². The maximum Gasteiger partial charge on any atom is 0.243 e. The monoisotopic (exact) mass is 316 g/mol. The molecule has 1 aliphatic rings. The molecule has 1 amide bonds. The van der Waals surface area contributed by atoms with Crippen LogP contribution in [0.5, 0.6) is 0 Å². The lowest BCUT2D eigenvalue weighted by molar-refractivity contribution is -0.129. The second-order valence-electron chi connectivity index (χ2n) is 4.82. The molecule has 110 valence electrons. The second-order valence-corrected chi connectivity index (χ2v) is 7.17. The number of halogens is 1. The lowest BCUT2D eigenvalue weighted by atomic mass is 10.2. The third kappa shape index (κ3) is 2.97. The summed E-state index contributed by atoms with van der Waals surface area (Å²) in [5, 5.41) is 0.438. The fourth-order valence-corrected chi connectivity index (χ4v) is 3.82. The lowest BCUT2D eigenvalue weighted by Crippen LogP contribution is -2.49. The minimum absolute atomic E-state index is 0.0274. The van der Waals surface area contributed by atoms with Gasteiger partial charge in [-0.1, -0.05) is 17.7 Å². The first kappa shape index (κ1) is 15.3. The van der Waals surface area contributed by atoms with Crippen LogP contribution >= 0.6 is 11.6 Å². The summed E-state index contributed by atoms with van der Waals surface area (Å²) in [6.07, 6.45) is 0. The average molecular weight is 317 g/mol. The zero-order valence-corrected chi connectivity index (χ0v) is 13.0. The van der Waals surface area contributed by atoms with E-state index < -0.39 is 10.0 Å². The van der Waals surface area contributed by atoms with Gasteiger partial charge in [0.15, 0.2) is 0 Å². The summed E-state index contributed by atoms with van der Waals surface area (Å²) in [5.41, 5.74) is 0.840. The number of piperazine rings is 1. The third-order valence-electron chi connectivity index (χ3n) is 3.47. The van der Waals surface area contributed by atoms with Crippen molar-refractivity contribution >= 4 is 27.5 Å². The molecule has 0 bridgehead atoms. The van der Waals surface area contributed by atoms with E-state index in [9.17, 15) is 13.2 Å². The van der Waals surface area contributed by atoms with Gasteiger partial charge in [0.25, 0.3) is 0 Å². The van der Waals surface area contributed by atoms with Gasteiger partial charge in [0.2, 0.25) is 15.9 Å². The smallest absolute Gasteiger partial charge is 0.243 e. The van der Waals surface area contributed by atoms with Crippen LogP contribution in [0.25, 0.3) is 0 Å². The Morgan fingerprint density at radius 3 is 2.30 bits per heavy atom. The minimum atomic E-state index is -3.54. The molecule has 2 rings (SSSR count). The summed E-state index contributed by atoms with van der Waals surface area (Å²) in [4.78, 5) is 13.1. The van der Waals surface area contributed by atoms with E-state index in [4.69, 9.17) is 11.6 Å². The van der Waals surface area contributed by atoms with Gasteiger partial charge in [-0.15, -0.1) is 0 Å². The van der Waals surface area contributed by atoms with Crippen LogP contribution in [0.1, 0.15) is 12.5 Å². The van der Waals surface area contributed by atoms with Crippen LogP contribution in [-0.4, -0.2) is 49.7 Å². The summed E-state index contributed by atoms with van der Waals surface area (Å²) in [6.45, 7) is 4.79. The van der Waals surface area contributed by atoms with E-state index in [1.54, 1.807) is 17.0 Å². The molecule has 1 aromatic rings. The van der Waals surface area contributed by atoms with E-state index in [1.165, 1.54) is 17.3 Å². The molecule has 0 spiro atoms. The van der Waals surface area contributed by atoms with Gasteiger partial charge in [-0.2, -0.15) is 4.31 Å². The molecular formula is C13H17ClN2O3S. The Labute approximate surface area is 124 Å². The van der Waals surface area contributed by atoms with Crippen LogP contribution in [0.4, 0.5) is 0 Å². The number of carbonyl (C=O) groups is 1. The molecule has 1 saturated heterocycles. The Balaban J connectivity index is 2.19. The van der Waals surface area contributed by atoms with E-state index in [-0.39, 0.29) is 10.8 Å². The van der Waals surface area contributed by atoms with Crippen molar-refractivity contribution in [2.24, 2.45) is 0 Å². The van der Waals surface area contributed by atoms with Crippen molar-refractivity contribution < 1.29 is 13.2 Å². The van der Waals surface area contributed by atoms with Crippen LogP contribution in [-0.2, 0) is 14.8 Å². The topological polar surface area (TPSA) is 57.7 Å². The molecule has 1 heterocycles. The summed E-state index contributed by atoms with van der Waals surface area (Å²) < 4.78 is 26.4. The lowest BCUT2D eigenvalue weighted by Gasteiger charge is -2.33. The number of amides is 1. The first-order valence-electron chi connectivity index (χ1n) is 6.34. The summed E-state index contributed by atoms with van der Waals surface area (Å²) in [5.74, 6) is -0.0274. The molecule has 0 aromatic heterocycles. The predicted molar refractivity (Wildman–Crippen MR) is 77.2 cm³/mol. The molecule has 0 saturated carbocycles. The van der Waals surface area contributed by atoms with Crippen LogP contribution < -0.4 is 0 Å². The number of hydrogen-bond acceptors (Lipinski definition) is 3. The zero-order valence-electron chi connectivity index (χ0n) is 11.5. The normalized spacial score (nSPS) is 17.2. The highest BCUT2D eigenvalue weighted by Gasteiger charge is 2.29. The van der Waals surface area contributed by atoms with Gasteiger partial charge >= 0.3 is 0 Å². The van der Waals surface area contributed by atoms with Crippen LogP contribution in [0.3, 0.4) is 0 Å². The SMILES string of the molecule is CC(=O)N1CCN(S(=O)(=O)c2ccc(C)c(Cl)c2)CC1. The van der Waals surface area contributed by atoms with Gasteiger partial charge in [-0.3, -0.25) is 4.79 Å². The Morgan fingerprint density at radius 2 is 1.80 bits per heavy atom. The van der Waals surface area contributed by atoms with Crippen molar-refractivity contribution in [1.29, 1.82) is 0 Å². The van der Waals surface area contributed by atoms with Gasteiger partial charge < -0.3 is 4.90 Å². The number of benzene rings is 1. The molecule has 1 aromatic carbocycles. The Morgan fingerprint density at radius 1 is 1.20 bits per heavy atom. The highest BCUT2D eigenvalue weighted by atomic mass is 35.5. The standard InChI is InChI=1S/C13H17ClN2O3S/c1-10-3-4-12(9-13(10)14)20(18,19)16-7-5-15(6-8-16)11(2)17/h3-4,9H,5-8H2,1-2H3. The van der Waals surface area contributed by atoms with Crippen LogP contribution in [0.15, 0.2) is 23.1 Å². The molecule has 0 unspecified atom stereocenters. The van der Waals surface area contributed by atoms with Crippen LogP contribution in [0, 0.1) is 6.92 Å². The number of aryl methyl sites for hydroxylation is 1. The largest absolute Gasteiger partial charge is 0.340 e. The van der Waals surface area contributed by atoms with E-state index >= 15 is 0 Å². The van der Waals surface area contributed by atoms with Gasteiger partial charge in [-0.05, 0) is 24.6 Å². The quantitative estimate of drug-likeness (QED) is 0.831. The summed E-state index contributed by atoms with van der Waals surface area (Å²) in [6, 6.07) is 4.73. The summed E-state index contributed by atoms with van der Waals surface area (Å²) >= 11 is 5.99. The van der Waals surface area contributed by atoms with Crippen molar-refractivity contribution in [1.82, 2.24) is 9.21 Å². The maximum atomic E-state index is 12.5. The molecule has 0 atom stereocenters. The van der Waals surface area contributed by atoms with Crippen molar-refractivity contribution in [2.45, 2.75) is 18.7 Å². The van der Waals surface area contributed by atoms with Crippen molar-refractivity contribution in [2.75, 3.05) is 26.2 Å². The minimum Gasteiger partial charge on any atom is -0.340 e. The number of rotatable bonds is 2. The Bertz CT molecular complexity index is 623. The third-order valence-corrected chi connectivity index (χ3v) is 5.77. The fraction of sp³-hybridized carbons (Fsp3) is 0.462. The Hall–Kier alpha value is -1.11. The summed E-state index contributed by atoms with van der Waals surface area (Å²) in [7, 11) is -3.54. The van der Waals surface area contributed by atoms with Gasteiger partial charge in [0.1, 0.15) is 0 Å². The molecule has 1 fully saturated rings. The van der Waals surface area contributed by atoms with Crippen molar-refractivity contribution in [3.05, 3.63) is 28.8 Å². The zero-order chi connectivity index (χ0) is 14.9. The maximum absolute atomic E-state index is 12.5. The molecule has 7 heteroatoms. The van der Waals surface area contributed by atoms with E-state index in [2.05, 4.69) is 0 Å². The predicted octanol–water partition coefficient (Wildman–Crippen LogP) is 1.50. The molecule has 1 aliphatic heterocycles. The highest BCUT2D eigenvalue weighted by Crippen LogP contribution is 2.23. The van der Waals surface area contributed by atoms with Crippen molar-refractivity contribution in [3.63, 3.8) is 0 Å². The molecule has 0 aliphatic carbocycles. The van der Waals surface area contributed by atoms with E-state index in [0.29, 0.717) is 31.2 Å². The number of nitrogens with zero attached hydrogens (tertiary/aromatic N) is 2. The second kappa shape index (κ2) is 5.71. The first-order valence-corrected chi connectivity index (χ1v) is 8.16. The highest BCUT2D eigenvalue weighted by molar-refractivity contribution is 7.89. The number of sulfonamides is 1.